The first-order valence-corrected chi connectivity index (χ1v) is 28.6. The number of carbonyl (C=O) groups is 3. The first-order chi connectivity index (χ1) is 35.2. The molecule has 0 aromatic heterocycles. The molecule has 0 fully saturated rings. The van der Waals surface area contributed by atoms with Gasteiger partial charge in [0, 0.05) is 12.8 Å². The smallest absolute Gasteiger partial charge is 0.461 e. The number of ether oxygens (including phenoxy) is 3. The van der Waals surface area contributed by atoms with Crippen LogP contribution in [-0.4, -0.2) is 66.5 Å². The molecule has 0 aliphatic rings. The molecule has 11 nitrogen and oxygen atoms in total. The van der Waals surface area contributed by atoms with Gasteiger partial charge in [-0.25, -0.2) is 4.57 Å². The van der Waals surface area contributed by atoms with Crippen molar-refractivity contribution in [2.75, 3.05) is 26.4 Å². The van der Waals surface area contributed by atoms with Crippen LogP contribution >= 0.6 is 7.82 Å². The van der Waals surface area contributed by atoms with Gasteiger partial charge in [0.25, 0.3) is 0 Å². The Labute approximate surface area is 436 Å². The maximum atomic E-state index is 12.9. The number of carbonyl (C=O) groups excluding carboxylic acids is 3. The van der Waals surface area contributed by atoms with Gasteiger partial charge >= 0.3 is 25.7 Å². The number of phosphoric ester groups is 1. The summed E-state index contributed by atoms with van der Waals surface area (Å²) in [5.74, 6) is -1.72. The molecule has 12 heteroatoms. The summed E-state index contributed by atoms with van der Waals surface area (Å²) in [6.07, 6.45) is 66.0. The van der Waals surface area contributed by atoms with E-state index in [2.05, 4.69) is 124 Å². The molecule has 3 atom stereocenters. The van der Waals surface area contributed by atoms with Gasteiger partial charge in [0.15, 0.2) is 6.10 Å². The van der Waals surface area contributed by atoms with Gasteiger partial charge in [-0.2, -0.15) is 0 Å². The third kappa shape index (κ3) is 50.6. The van der Waals surface area contributed by atoms with Crippen molar-refractivity contribution in [1.82, 2.24) is 0 Å². The standard InChI is InChI=1S/C60H95O11P/c1-4-7-10-13-16-19-22-25-27-28-30-33-36-39-42-45-48-51-60(64)71-57(53-67-58(62)49-46-43-40-37-34-32-29-26-23-20-17-14-11-8-5-2)55-69-72(65,66)68-54-56(52-61)70-59(63)50-47-44-41-38-35-31-24-21-18-15-12-9-6-3/h7-8,10-11,16-17,19-21,24-27,29-30,33-34,37,39,42-43,46,56-57,61H,4-6,9,12-15,18,22-23,28,31-32,35-36,38,40-41,44-45,47-55H2,1-3H3,(H,65,66)/b10-7-,11-8-,19-16-,20-17-,24-21-,27-25-,29-26-,33-30-,37-34-,42-39-,46-43-. The topological polar surface area (TPSA) is 155 Å². The molecular formula is C60H95O11P. The minimum atomic E-state index is -4.79. The van der Waals surface area contributed by atoms with E-state index in [0.29, 0.717) is 25.7 Å². The van der Waals surface area contributed by atoms with Gasteiger partial charge in [0.1, 0.15) is 12.7 Å². The second kappa shape index (κ2) is 52.9. The molecule has 0 spiro atoms. The van der Waals surface area contributed by atoms with Crippen molar-refractivity contribution in [3.63, 3.8) is 0 Å². The van der Waals surface area contributed by atoms with E-state index in [9.17, 15) is 28.9 Å². The minimum absolute atomic E-state index is 0.0255. The van der Waals surface area contributed by atoms with Gasteiger partial charge in [-0.1, -0.05) is 193 Å². The fourth-order valence-corrected chi connectivity index (χ4v) is 7.30. The Kier molecular flexibility index (Phi) is 49.7. The van der Waals surface area contributed by atoms with Gasteiger partial charge in [0.2, 0.25) is 0 Å². The monoisotopic (exact) mass is 1020 g/mol. The van der Waals surface area contributed by atoms with Gasteiger partial charge < -0.3 is 24.2 Å². The van der Waals surface area contributed by atoms with E-state index in [1.54, 1.807) is 6.08 Å². The summed E-state index contributed by atoms with van der Waals surface area (Å²) in [7, 11) is -4.79. The fourth-order valence-electron chi connectivity index (χ4n) is 6.52. The number of aliphatic hydroxyl groups is 1. The lowest BCUT2D eigenvalue weighted by molar-refractivity contribution is -0.161. The molecular weight excluding hydrogens is 928 g/mol. The van der Waals surface area contributed by atoms with Crippen molar-refractivity contribution in [1.29, 1.82) is 0 Å². The average molecular weight is 1020 g/mol. The predicted molar refractivity (Wildman–Crippen MR) is 297 cm³/mol. The number of esters is 3. The van der Waals surface area contributed by atoms with Gasteiger partial charge in [-0.3, -0.25) is 23.4 Å². The van der Waals surface area contributed by atoms with Crippen LogP contribution in [0.1, 0.15) is 188 Å². The molecule has 0 rings (SSSR count). The van der Waals surface area contributed by atoms with Crippen LogP contribution in [-0.2, 0) is 42.2 Å². The van der Waals surface area contributed by atoms with Gasteiger partial charge in [-0.15, -0.1) is 0 Å². The predicted octanol–water partition coefficient (Wildman–Crippen LogP) is 15.8. The number of phosphoric acid groups is 1. The zero-order chi connectivity index (χ0) is 52.7. The molecule has 0 saturated heterocycles. The van der Waals surface area contributed by atoms with Gasteiger partial charge in [0.05, 0.1) is 26.2 Å². The lowest BCUT2D eigenvalue weighted by atomic mass is 10.1. The molecule has 0 radical (unpaired) electrons. The van der Waals surface area contributed by atoms with Crippen molar-refractivity contribution < 1.29 is 52.2 Å². The summed E-state index contributed by atoms with van der Waals surface area (Å²) >= 11 is 0. The molecule has 0 aliphatic carbocycles. The van der Waals surface area contributed by atoms with Crippen molar-refractivity contribution in [2.45, 2.75) is 200 Å². The van der Waals surface area contributed by atoms with Crippen LogP contribution < -0.4 is 0 Å². The number of allylic oxidation sites excluding steroid dienone is 21. The second-order valence-electron chi connectivity index (χ2n) is 17.3. The molecule has 406 valence electrons. The summed E-state index contributed by atoms with van der Waals surface area (Å²) in [6.45, 7) is 4.18. The normalized spacial score (nSPS) is 14.5. The Morgan fingerprint density at radius 2 is 0.778 bits per heavy atom. The van der Waals surface area contributed by atoms with Crippen LogP contribution in [0.5, 0.6) is 0 Å². The van der Waals surface area contributed by atoms with Crippen molar-refractivity contribution in [3.8, 4) is 0 Å². The van der Waals surface area contributed by atoms with Crippen molar-refractivity contribution >= 4 is 25.7 Å². The van der Waals surface area contributed by atoms with Crippen LogP contribution in [0.4, 0.5) is 0 Å². The van der Waals surface area contributed by atoms with E-state index in [4.69, 9.17) is 23.3 Å². The highest BCUT2D eigenvalue weighted by Crippen LogP contribution is 2.43. The number of aliphatic hydroxyl groups excluding tert-OH is 1. The van der Waals surface area contributed by atoms with E-state index in [1.807, 2.05) is 24.3 Å². The first kappa shape index (κ1) is 67.6. The molecule has 0 bridgehead atoms. The summed E-state index contributed by atoms with van der Waals surface area (Å²) in [5.41, 5.74) is 0. The lowest BCUT2D eigenvalue weighted by Gasteiger charge is -2.21. The second-order valence-corrected chi connectivity index (χ2v) is 18.7. The zero-order valence-corrected chi connectivity index (χ0v) is 45.5. The summed E-state index contributed by atoms with van der Waals surface area (Å²) in [6, 6.07) is 0. The highest BCUT2D eigenvalue weighted by molar-refractivity contribution is 7.47. The number of hydrogen-bond donors (Lipinski definition) is 2. The Bertz CT molecular complexity index is 1710. The Morgan fingerprint density at radius 3 is 1.25 bits per heavy atom. The van der Waals surface area contributed by atoms with E-state index in [1.165, 1.54) is 25.7 Å². The van der Waals surface area contributed by atoms with E-state index in [0.717, 1.165) is 96.3 Å². The number of hydrogen-bond acceptors (Lipinski definition) is 10. The Hall–Kier alpha value is -4.38. The molecule has 3 unspecified atom stereocenters. The molecule has 0 saturated carbocycles. The van der Waals surface area contributed by atoms with Crippen molar-refractivity contribution in [2.24, 2.45) is 0 Å². The van der Waals surface area contributed by atoms with Crippen LogP contribution in [0.2, 0.25) is 0 Å². The maximum absolute atomic E-state index is 12.9. The fraction of sp³-hybridized carbons (Fsp3) is 0.583. The lowest BCUT2D eigenvalue weighted by Crippen LogP contribution is -2.30. The first-order valence-electron chi connectivity index (χ1n) is 27.1. The largest absolute Gasteiger partial charge is 0.472 e. The molecule has 0 aromatic carbocycles. The van der Waals surface area contributed by atoms with Crippen LogP contribution in [0.15, 0.2) is 134 Å². The van der Waals surface area contributed by atoms with E-state index < -0.39 is 64.4 Å². The van der Waals surface area contributed by atoms with Crippen LogP contribution in [0, 0.1) is 0 Å². The number of unbranched alkanes of at least 4 members (excludes halogenated alkanes) is 10. The van der Waals surface area contributed by atoms with Crippen LogP contribution in [0.3, 0.4) is 0 Å². The third-order valence-electron chi connectivity index (χ3n) is 10.6. The summed E-state index contributed by atoms with van der Waals surface area (Å²) in [5, 5.41) is 9.79. The average Bonchev–Trinajstić information content (AvgIpc) is 3.37. The summed E-state index contributed by atoms with van der Waals surface area (Å²) in [4.78, 5) is 48.3. The SMILES string of the molecule is CC/C=C\C/C=C\C/C=C\C/C=C\C/C=C\CCCC(=O)OC(COC(=O)C/C=C\C/C=C\C/C=C\C/C=C\C/C=C\CC)COP(=O)(O)OCC(CO)OC(=O)CCCCCCC/C=C\CCCCCC. The highest BCUT2D eigenvalue weighted by atomic mass is 31.2. The molecule has 0 amide bonds. The molecule has 0 aromatic rings. The quantitative estimate of drug-likeness (QED) is 0.0197. The summed E-state index contributed by atoms with van der Waals surface area (Å²) < 4.78 is 39.2. The van der Waals surface area contributed by atoms with E-state index >= 15 is 0 Å². The Morgan fingerprint density at radius 1 is 0.417 bits per heavy atom. The zero-order valence-electron chi connectivity index (χ0n) is 44.6. The Balaban J connectivity index is 4.97. The van der Waals surface area contributed by atoms with E-state index in [-0.39, 0.29) is 19.3 Å². The van der Waals surface area contributed by atoms with Crippen molar-refractivity contribution in [3.05, 3.63) is 134 Å². The number of rotatable bonds is 48. The molecule has 0 aliphatic heterocycles. The molecule has 0 heterocycles. The maximum Gasteiger partial charge on any atom is 0.472 e. The van der Waals surface area contributed by atoms with Gasteiger partial charge in [-0.05, 0) is 109 Å². The molecule has 72 heavy (non-hydrogen) atoms. The van der Waals surface area contributed by atoms with Crippen LogP contribution in [0.25, 0.3) is 0 Å². The highest BCUT2D eigenvalue weighted by Gasteiger charge is 2.28. The third-order valence-corrected chi connectivity index (χ3v) is 11.5. The minimum Gasteiger partial charge on any atom is -0.461 e. The molecule has 2 N–H and O–H groups in total.